The fourth-order valence-electron chi connectivity index (χ4n) is 3.13. The second kappa shape index (κ2) is 7.92. The van der Waals surface area contributed by atoms with Gasteiger partial charge in [-0.15, -0.1) is 0 Å². The molecule has 1 aliphatic heterocycles. The minimum atomic E-state index is -3.23. The molecule has 146 valence electrons. The Labute approximate surface area is 157 Å². The number of sulfone groups is 1. The molecule has 1 aliphatic rings. The van der Waals surface area contributed by atoms with Gasteiger partial charge in [0, 0.05) is 44.1 Å². The van der Waals surface area contributed by atoms with Gasteiger partial charge in [0.05, 0.1) is 4.90 Å². The van der Waals surface area contributed by atoms with E-state index < -0.39 is 33.7 Å². The topological polar surface area (TPSA) is 66.8 Å². The Bertz CT molecular complexity index is 882. The maximum absolute atomic E-state index is 13.3. The molecule has 1 N–H and O–H groups in total. The second-order valence-corrected chi connectivity index (χ2v) is 8.78. The van der Waals surface area contributed by atoms with Gasteiger partial charge in [0.25, 0.3) is 0 Å². The average Bonchev–Trinajstić information content (AvgIpc) is 2.56. The van der Waals surface area contributed by atoms with Gasteiger partial charge in [0.15, 0.2) is 9.84 Å². The highest BCUT2D eigenvalue weighted by Gasteiger charge is 2.29. The predicted molar refractivity (Wildman–Crippen MR) is 96.2 cm³/mol. The molecule has 0 amide bonds. The Kier molecular flexibility index (Phi) is 5.78. The molecule has 1 heterocycles. The van der Waals surface area contributed by atoms with E-state index in [0.29, 0.717) is 26.1 Å². The summed E-state index contributed by atoms with van der Waals surface area (Å²) in [5.74, 6) is -1.40. The fraction of sp³-hybridized carbons (Fsp3) is 0.368. The van der Waals surface area contributed by atoms with E-state index in [2.05, 4.69) is 0 Å². The van der Waals surface area contributed by atoms with Crippen LogP contribution in [0.2, 0.25) is 0 Å². The average molecular weight is 397 g/mol. The van der Waals surface area contributed by atoms with Gasteiger partial charge in [-0.2, -0.15) is 0 Å². The summed E-state index contributed by atoms with van der Waals surface area (Å²) >= 11 is 0. The molecular weight excluding hydrogens is 376 g/mol. The van der Waals surface area contributed by atoms with E-state index >= 15 is 0 Å². The van der Waals surface area contributed by atoms with Crippen molar-refractivity contribution in [3.05, 3.63) is 59.7 Å². The number of aliphatic hydroxyl groups is 1. The van der Waals surface area contributed by atoms with Crippen molar-refractivity contribution in [2.24, 2.45) is 0 Å². The van der Waals surface area contributed by atoms with Crippen molar-refractivity contribution in [1.29, 1.82) is 0 Å². The zero-order valence-corrected chi connectivity index (χ0v) is 15.6. The summed E-state index contributed by atoms with van der Waals surface area (Å²) in [7, 11) is -3.23. The molecule has 27 heavy (non-hydrogen) atoms. The molecule has 1 saturated heterocycles. The number of benzene rings is 2. The van der Waals surface area contributed by atoms with E-state index in [-0.39, 0.29) is 10.6 Å². The molecule has 0 aromatic heterocycles. The highest BCUT2D eigenvalue weighted by molar-refractivity contribution is 7.90. The Morgan fingerprint density at radius 2 is 1.78 bits per heavy atom. The van der Waals surface area contributed by atoms with E-state index in [1.165, 1.54) is 0 Å². The van der Waals surface area contributed by atoms with Gasteiger partial charge in [0.2, 0.25) is 0 Å². The first-order valence-electron chi connectivity index (χ1n) is 8.53. The highest BCUT2D eigenvalue weighted by atomic mass is 32.2. The van der Waals surface area contributed by atoms with Crippen molar-refractivity contribution >= 4 is 9.84 Å². The molecule has 0 aliphatic carbocycles. The molecule has 0 spiro atoms. The maximum atomic E-state index is 13.3. The quantitative estimate of drug-likeness (QED) is 0.839. The van der Waals surface area contributed by atoms with Crippen molar-refractivity contribution in [3.63, 3.8) is 0 Å². The number of likely N-dealkylation sites (tertiary alicyclic amines) is 1. The maximum Gasteiger partial charge on any atom is 0.175 e. The van der Waals surface area contributed by atoms with Crippen LogP contribution < -0.4 is 4.74 Å². The monoisotopic (exact) mass is 397 g/mol. The van der Waals surface area contributed by atoms with Crippen LogP contribution in [0.15, 0.2) is 47.4 Å². The second-order valence-electron chi connectivity index (χ2n) is 6.77. The summed E-state index contributed by atoms with van der Waals surface area (Å²) in [6.07, 6.45) is 0.310. The van der Waals surface area contributed by atoms with Crippen molar-refractivity contribution < 1.29 is 27.0 Å². The lowest BCUT2D eigenvalue weighted by molar-refractivity contribution is -0.0277. The van der Waals surface area contributed by atoms with Crippen LogP contribution in [0, 0.1) is 11.6 Å². The lowest BCUT2D eigenvalue weighted by Crippen LogP contribution is -2.48. The number of aliphatic hydroxyl groups excluding tert-OH is 1. The van der Waals surface area contributed by atoms with E-state index in [4.69, 9.17) is 4.74 Å². The van der Waals surface area contributed by atoms with Crippen molar-refractivity contribution in [2.45, 2.75) is 30.1 Å². The van der Waals surface area contributed by atoms with E-state index in [1.807, 2.05) is 4.90 Å². The Morgan fingerprint density at radius 1 is 1.15 bits per heavy atom. The fourth-order valence-corrected chi connectivity index (χ4v) is 3.76. The molecule has 3 rings (SSSR count). The normalized spacial score (nSPS) is 21.2. The predicted octanol–water partition coefficient (Wildman–Crippen LogP) is 2.38. The number of hydrogen-bond donors (Lipinski definition) is 1. The Morgan fingerprint density at radius 3 is 2.33 bits per heavy atom. The Hall–Kier alpha value is -2.03. The Balaban J connectivity index is 1.58. The van der Waals surface area contributed by atoms with Crippen molar-refractivity contribution in [2.75, 3.05) is 19.3 Å². The standard InChI is InChI=1S/C19H21F2NO4S/c1-27(24,25)17-4-2-13(3-5-17)11-22-7-6-19(18(23)12-22)26-16-9-14(20)8-15(21)10-16/h2-5,8-10,18-19,23H,6-7,11-12H2,1H3/t18-,19-/m1/s1. The van der Waals surface area contributed by atoms with Gasteiger partial charge >= 0.3 is 0 Å². The highest BCUT2D eigenvalue weighted by Crippen LogP contribution is 2.23. The largest absolute Gasteiger partial charge is 0.487 e. The first kappa shape index (κ1) is 19.7. The van der Waals surface area contributed by atoms with Crippen LogP contribution in [-0.4, -0.2) is 50.0 Å². The van der Waals surface area contributed by atoms with Gasteiger partial charge in [0.1, 0.15) is 29.6 Å². The van der Waals surface area contributed by atoms with E-state index in [1.54, 1.807) is 24.3 Å². The zero-order chi connectivity index (χ0) is 19.6. The van der Waals surface area contributed by atoms with E-state index in [9.17, 15) is 22.3 Å². The van der Waals surface area contributed by atoms with Crippen LogP contribution in [0.25, 0.3) is 0 Å². The van der Waals surface area contributed by atoms with Gasteiger partial charge in [-0.1, -0.05) is 12.1 Å². The summed E-state index contributed by atoms with van der Waals surface area (Å²) in [4.78, 5) is 2.28. The van der Waals surface area contributed by atoms with Crippen LogP contribution in [0.3, 0.4) is 0 Å². The molecule has 0 unspecified atom stereocenters. The lowest BCUT2D eigenvalue weighted by atomic mass is 10.0. The van der Waals surface area contributed by atoms with Crippen LogP contribution in [0.5, 0.6) is 5.75 Å². The molecule has 0 saturated carbocycles. The molecule has 8 heteroatoms. The number of rotatable bonds is 5. The van der Waals surface area contributed by atoms with E-state index in [0.717, 1.165) is 30.0 Å². The van der Waals surface area contributed by atoms with Crippen LogP contribution in [0.4, 0.5) is 8.78 Å². The van der Waals surface area contributed by atoms with Crippen LogP contribution >= 0.6 is 0 Å². The summed E-state index contributed by atoms with van der Waals surface area (Å²) in [5.41, 5.74) is 0.932. The number of piperidine rings is 1. The van der Waals surface area contributed by atoms with Crippen molar-refractivity contribution in [1.82, 2.24) is 4.90 Å². The number of β-amino-alcohol motifs (C(OH)–C–C–N with tert-alkyl or cyclic N) is 1. The minimum absolute atomic E-state index is 0.0568. The first-order valence-corrected chi connectivity index (χ1v) is 10.4. The third kappa shape index (κ3) is 5.24. The molecule has 0 bridgehead atoms. The van der Waals surface area contributed by atoms with Crippen LogP contribution in [-0.2, 0) is 16.4 Å². The van der Waals surface area contributed by atoms with Gasteiger partial charge in [-0.3, -0.25) is 4.90 Å². The van der Waals surface area contributed by atoms with Gasteiger partial charge < -0.3 is 9.84 Å². The van der Waals surface area contributed by atoms with Crippen molar-refractivity contribution in [3.8, 4) is 5.75 Å². The molecular formula is C19H21F2NO4S. The van der Waals surface area contributed by atoms with Gasteiger partial charge in [-0.05, 0) is 24.1 Å². The summed E-state index contributed by atoms with van der Waals surface area (Å²) in [5, 5.41) is 10.3. The summed E-state index contributed by atoms with van der Waals surface area (Å²) in [6, 6.07) is 9.57. The summed E-state index contributed by atoms with van der Waals surface area (Å²) < 4.78 is 55.1. The molecule has 2 aromatic carbocycles. The smallest absolute Gasteiger partial charge is 0.175 e. The lowest BCUT2D eigenvalue weighted by Gasteiger charge is -2.36. The number of ether oxygens (including phenoxy) is 1. The molecule has 5 nitrogen and oxygen atoms in total. The molecule has 0 radical (unpaired) electrons. The SMILES string of the molecule is CS(=O)(=O)c1ccc(CN2CC[C@@H](Oc3cc(F)cc(F)c3)[C@H](O)C2)cc1. The molecule has 2 atom stereocenters. The zero-order valence-electron chi connectivity index (χ0n) is 14.8. The third-order valence-corrected chi connectivity index (χ3v) is 5.61. The number of halogens is 2. The molecule has 1 fully saturated rings. The summed E-state index contributed by atoms with van der Waals surface area (Å²) in [6.45, 7) is 1.53. The van der Waals surface area contributed by atoms with Gasteiger partial charge in [-0.25, -0.2) is 17.2 Å². The number of hydrogen-bond acceptors (Lipinski definition) is 5. The third-order valence-electron chi connectivity index (χ3n) is 4.49. The first-order chi connectivity index (χ1) is 12.7. The van der Waals surface area contributed by atoms with Crippen LogP contribution in [0.1, 0.15) is 12.0 Å². The minimum Gasteiger partial charge on any atom is -0.487 e. The number of nitrogens with zero attached hydrogens (tertiary/aromatic N) is 1. The molecule has 2 aromatic rings.